The molecule has 5 nitrogen and oxygen atoms in total. The predicted octanol–water partition coefficient (Wildman–Crippen LogP) is 1.47. The smallest absolute Gasteiger partial charge is 0.244 e. The summed E-state index contributed by atoms with van der Waals surface area (Å²) in [5.74, 6) is -0.430. The van der Waals surface area contributed by atoms with Crippen LogP contribution in [0.15, 0.2) is 18.2 Å². The van der Waals surface area contributed by atoms with Gasteiger partial charge in [0, 0.05) is 12.2 Å². The molecule has 6 heteroatoms. The lowest BCUT2D eigenvalue weighted by molar-refractivity contribution is -0.133. The summed E-state index contributed by atoms with van der Waals surface area (Å²) in [6.07, 6.45) is 0. The first-order valence-corrected chi connectivity index (χ1v) is 6.33. The Hall–Kier alpha value is -1.59. The normalized spacial score (nSPS) is 9.60. The molecule has 0 spiro atoms. The Morgan fingerprint density at radius 3 is 2.25 bits per heavy atom. The van der Waals surface area contributed by atoms with Crippen LogP contribution in [0, 0.1) is 13.8 Å². The van der Waals surface area contributed by atoms with Crippen LogP contribution in [0.25, 0.3) is 0 Å². The van der Waals surface area contributed by atoms with E-state index in [0.717, 1.165) is 16.8 Å². The lowest BCUT2D eigenvalue weighted by atomic mass is 10.1. The van der Waals surface area contributed by atoms with Crippen LogP contribution >= 0.6 is 12.4 Å². The van der Waals surface area contributed by atoms with E-state index in [1.165, 1.54) is 4.90 Å². The highest BCUT2D eigenvalue weighted by atomic mass is 35.5. The Bertz CT molecular complexity index is 457. The average molecular weight is 300 g/mol. The van der Waals surface area contributed by atoms with E-state index in [4.69, 9.17) is 5.73 Å². The molecule has 0 atom stereocenters. The maximum Gasteiger partial charge on any atom is 0.244 e. The Labute approximate surface area is 125 Å². The van der Waals surface area contributed by atoms with Crippen molar-refractivity contribution in [3.8, 4) is 0 Å². The number of nitrogens with zero attached hydrogens (tertiary/aromatic N) is 1. The summed E-state index contributed by atoms with van der Waals surface area (Å²) in [6.45, 7) is 6.11. The molecule has 0 saturated carbocycles. The van der Waals surface area contributed by atoms with Crippen molar-refractivity contribution in [2.24, 2.45) is 5.73 Å². The van der Waals surface area contributed by atoms with E-state index >= 15 is 0 Å². The maximum absolute atomic E-state index is 12.0. The van der Waals surface area contributed by atoms with Crippen LogP contribution < -0.4 is 11.1 Å². The van der Waals surface area contributed by atoms with E-state index in [9.17, 15) is 9.59 Å². The molecule has 1 aromatic carbocycles. The van der Waals surface area contributed by atoms with Gasteiger partial charge in [-0.3, -0.25) is 9.59 Å². The molecule has 3 N–H and O–H groups in total. The molecule has 1 aromatic rings. The molecule has 112 valence electrons. The molecule has 0 heterocycles. The van der Waals surface area contributed by atoms with Gasteiger partial charge in [0.15, 0.2) is 0 Å². The van der Waals surface area contributed by atoms with Crippen LogP contribution in [0.4, 0.5) is 5.69 Å². The van der Waals surface area contributed by atoms with Crippen LogP contribution in [0.5, 0.6) is 0 Å². The summed E-state index contributed by atoms with van der Waals surface area (Å²) in [5, 5.41) is 2.85. The molecule has 0 saturated heterocycles. The third kappa shape index (κ3) is 4.83. The molecule has 0 aliphatic rings. The number of anilines is 1. The molecular formula is C14H22ClN3O2. The fraction of sp³-hybridized carbons (Fsp3) is 0.429. The molecular weight excluding hydrogens is 278 g/mol. The van der Waals surface area contributed by atoms with Crippen molar-refractivity contribution >= 4 is 29.9 Å². The molecule has 2 amide bonds. The minimum Gasteiger partial charge on any atom is -0.333 e. The number of likely N-dealkylation sites (N-methyl/N-ethyl adjacent to an activating group) is 1. The minimum atomic E-state index is -0.223. The number of hydrogen-bond acceptors (Lipinski definition) is 3. The number of amides is 2. The molecule has 0 unspecified atom stereocenters. The van der Waals surface area contributed by atoms with Gasteiger partial charge in [0.05, 0.1) is 13.1 Å². The fourth-order valence-corrected chi connectivity index (χ4v) is 1.87. The Morgan fingerprint density at radius 1 is 1.25 bits per heavy atom. The van der Waals surface area contributed by atoms with Crippen LogP contribution in [0.2, 0.25) is 0 Å². The van der Waals surface area contributed by atoms with Gasteiger partial charge in [-0.2, -0.15) is 0 Å². The zero-order valence-corrected chi connectivity index (χ0v) is 12.9. The molecule has 0 radical (unpaired) electrons. The highest BCUT2D eigenvalue weighted by Crippen LogP contribution is 2.19. The number of halogens is 1. The number of rotatable bonds is 5. The summed E-state index contributed by atoms with van der Waals surface area (Å²) >= 11 is 0. The number of hydrogen-bond donors (Lipinski definition) is 2. The second-order valence-corrected chi connectivity index (χ2v) is 4.43. The third-order valence-electron chi connectivity index (χ3n) is 2.99. The van der Waals surface area contributed by atoms with Crippen LogP contribution in [0.3, 0.4) is 0 Å². The predicted molar refractivity (Wildman–Crippen MR) is 83.1 cm³/mol. The lowest BCUT2D eigenvalue weighted by Gasteiger charge is -2.20. The fourth-order valence-electron chi connectivity index (χ4n) is 1.87. The molecule has 0 bridgehead atoms. The van der Waals surface area contributed by atoms with Gasteiger partial charge >= 0.3 is 0 Å². The number of nitrogens with two attached hydrogens (primary N) is 1. The van der Waals surface area contributed by atoms with Crippen LogP contribution in [-0.2, 0) is 9.59 Å². The van der Waals surface area contributed by atoms with E-state index in [0.29, 0.717) is 6.54 Å². The highest BCUT2D eigenvalue weighted by molar-refractivity contribution is 5.95. The van der Waals surface area contributed by atoms with Crippen molar-refractivity contribution in [3.63, 3.8) is 0 Å². The summed E-state index contributed by atoms with van der Waals surface area (Å²) in [5.41, 5.74) is 8.11. The number of benzene rings is 1. The standard InChI is InChI=1S/C14H21N3O2.ClH/c1-4-17(13(19)8-15)9-12(18)16-14-10(2)6-5-7-11(14)3;/h5-7H,4,8-9,15H2,1-3H3,(H,16,18);1H. The number of carbonyl (C=O) groups excluding carboxylic acids is 2. The average Bonchev–Trinajstić information content (AvgIpc) is 2.39. The minimum absolute atomic E-state index is 0. The van der Waals surface area contributed by atoms with Crippen molar-refractivity contribution in [2.45, 2.75) is 20.8 Å². The van der Waals surface area contributed by atoms with Crippen molar-refractivity contribution in [3.05, 3.63) is 29.3 Å². The highest BCUT2D eigenvalue weighted by Gasteiger charge is 2.15. The number of aryl methyl sites for hydroxylation is 2. The number of nitrogens with one attached hydrogen (secondary N) is 1. The van der Waals surface area contributed by atoms with Gasteiger partial charge in [-0.05, 0) is 31.9 Å². The summed E-state index contributed by atoms with van der Waals surface area (Å²) in [6, 6.07) is 5.81. The molecule has 20 heavy (non-hydrogen) atoms. The van der Waals surface area contributed by atoms with E-state index in [-0.39, 0.29) is 37.3 Å². The van der Waals surface area contributed by atoms with Gasteiger partial charge in [-0.15, -0.1) is 12.4 Å². The van der Waals surface area contributed by atoms with Gasteiger partial charge in [-0.25, -0.2) is 0 Å². The van der Waals surface area contributed by atoms with Gasteiger partial charge < -0.3 is 16.0 Å². The van der Waals surface area contributed by atoms with Crippen molar-refractivity contribution < 1.29 is 9.59 Å². The molecule has 0 aliphatic carbocycles. The topological polar surface area (TPSA) is 75.4 Å². The van der Waals surface area contributed by atoms with Crippen LogP contribution in [-0.4, -0.2) is 36.3 Å². The van der Waals surface area contributed by atoms with E-state index in [2.05, 4.69) is 5.32 Å². The zero-order chi connectivity index (χ0) is 14.4. The van der Waals surface area contributed by atoms with E-state index in [1.54, 1.807) is 0 Å². The lowest BCUT2D eigenvalue weighted by Crippen LogP contribution is -2.41. The number of carbonyl (C=O) groups is 2. The first-order chi connectivity index (χ1) is 8.99. The SMILES string of the molecule is CCN(CC(=O)Nc1c(C)cccc1C)C(=O)CN.Cl. The second-order valence-electron chi connectivity index (χ2n) is 4.43. The van der Waals surface area contributed by atoms with Gasteiger partial charge in [0.2, 0.25) is 11.8 Å². The van der Waals surface area contributed by atoms with Crippen molar-refractivity contribution in [2.75, 3.05) is 25.0 Å². The summed E-state index contributed by atoms with van der Waals surface area (Å²) < 4.78 is 0. The Morgan fingerprint density at radius 2 is 1.80 bits per heavy atom. The Kier molecular flexibility index (Phi) is 7.87. The molecule has 0 aliphatic heterocycles. The monoisotopic (exact) mass is 299 g/mol. The maximum atomic E-state index is 12.0. The zero-order valence-electron chi connectivity index (χ0n) is 12.1. The van der Waals surface area contributed by atoms with E-state index in [1.807, 2.05) is 39.0 Å². The first kappa shape index (κ1) is 18.4. The van der Waals surface area contributed by atoms with Gasteiger partial charge in [0.1, 0.15) is 0 Å². The molecule has 0 aromatic heterocycles. The number of para-hydroxylation sites is 1. The Balaban J connectivity index is 0.00000361. The second kappa shape index (κ2) is 8.55. The molecule has 0 fully saturated rings. The molecule has 1 rings (SSSR count). The van der Waals surface area contributed by atoms with Crippen molar-refractivity contribution in [1.82, 2.24) is 4.90 Å². The third-order valence-corrected chi connectivity index (χ3v) is 2.99. The summed E-state index contributed by atoms with van der Waals surface area (Å²) in [7, 11) is 0. The largest absolute Gasteiger partial charge is 0.333 e. The van der Waals surface area contributed by atoms with Gasteiger partial charge in [0.25, 0.3) is 0 Å². The summed E-state index contributed by atoms with van der Waals surface area (Å²) in [4.78, 5) is 24.9. The quantitative estimate of drug-likeness (QED) is 0.864. The van der Waals surface area contributed by atoms with Crippen molar-refractivity contribution in [1.29, 1.82) is 0 Å². The van der Waals surface area contributed by atoms with Gasteiger partial charge in [-0.1, -0.05) is 18.2 Å². The van der Waals surface area contributed by atoms with E-state index < -0.39 is 0 Å². The first-order valence-electron chi connectivity index (χ1n) is 6.33. The van der Waals surface area contributed by atoms with Crippen LogP contribution in [0.1, 0.15) is 18.1 Å².